The van der Waals surface area contributed by atoms with Crippen LogP contribution in [-0.4, -0.2) is 45.7 Å². The van der Waals surface area contributed by atoms with Gasteiger partial charge in [0.05, 0.1) is 5.69 Å². The first-order valence-electron chi connectivity index (χ1n) is 13.4. The Kier molecular flexibility index (Phi) is 7.36. The van der Waals surface area contributed by atoms with Crippen molar-refractivity contribution in [1.82, 2.24) is 19.5 Å². The molecule has 0 saturated carbocycles. The fourth-order valence-electron chi connectivity index (χ4n) is 4.88. The number of aromatic nitrogens is 3. The standard InChI is InChI=1S/C31H31FN6O/c32-25-8-3-6-23(20-25)22-33-27-9-4-7-24(21-27)29-10-5-11-30-35-31(36-38(29)30)34-26-12-14-28(15-13-26)39-19-18-37-16-1-2-17-37/h3-15,20-21,33H,1-2,16-19,22H2,(H,34,36). The molecule has 1 fully saturated rings. The van der Waals surface area contributed by atoms with Crippen LogP contribution in [0, 0.1) is 5.82 Å². The first kappa shape index (κ1) is 24.9. The summed E-state index contributed by atoms with van der Waals surface area (Å²) in [5.41, 5.74) is 5.38. The molecule has 2 N–H and O–H groups in total. The predicted octanol–water partition coefficient (Wildman–Crippen LogP) is 6.37. The van der Waals surface area contributed by atoms with Crippen molar-refractivity contribution in [3.8, 4) is 17.0 Å². The molecule has 0 aliphatic carbocycles. The Labute approximate surface area is 227 Å². The predicted molar refractivity (Wildman–Crippen MR) is 153 cm³/mol. The molecule has 7 nitrogen and oxygen atoms in total. The van der Waals surface area contributed by atoms with Crippen molar-refractivity contribution in [1.29, 1.82) is 0 Å². The number of halogens is 1. The summed E-state index contributed by atoms with van der Waals surface area (Å²) in [6, 6.07) is 28.5. The number of nitrogens with one attached hydrogen (secondary N) is 2. The Balaban J connectivity index is 1.13. The van der Waals surface area contributed by atoms with Gasteiger partial charge in [0.15, 0.2) is 5.65 Å². The quantitative estimate of drug-likeness (QED) is 0.222. The lowest BCUT2D eigenvalue weighted by Gasteiger charge is -2.15. The fourth-order valence-corrected chi connectivity index (χ4v) is 4.88. The van der Waals surface area contributed by atoms with Gasteiger partial charge in [-0.15, -0.1) is 5.10 Å². The van der Waals surface area contributed by atoms with E-state index in [4.69, 9.17) is 9.84 Å². The Hall–Kier alpha value is -4.43. The van der Waals surface area contributed by atoms with Gasteiger partial charge in [-0.1, -0.05) is 30.3 Å². The highest BCUT2D eigenvalue weighted by molar-refractivity contribution is 5.68. The first-order chi connectivity index (χ1) is 19.2. The van der Waals surface area contributed by atoms with Gasteiger partial charge in [-0.2, -0.15) is 4.98 Å². The molecule has 0 unspecified atom stereocenters. The van der Waals surface area contributed by atoms with Gasteiger partial charge in [-0.3, -0.25) is 4.90 Å². The number of benzene rings is 3. The van der Waals surface area contributed by atoms with E-state index in [0.29, 0.717) is 19.1 Å². The number of ether oxygens (including phenoxy) is 1. The molecule has 6 rings (SSSR count). The molecule has 3 heterocycles. The Bertz CT molecular complexity index is 1540. The Morgan fingerprint density at radius 2 is 1.67 bits per heavy atom. The number of nitrogens with zero attached hydrogens (tertiary/aromatic N) is 4. The van der Waals surface area contributed by atoms with Crippen molar-refractivity contribution in [2.24, 2.45) is 0 Å². The van der Waals surface area contributed by atoms with E-state index in [-0.39, 0.29) is 5.82 Å². The van der Waals surface area contributed by atoms with E-state index in [9.17, 15) is 4.39 Å². The highest BCUT2D eigenvalue weighted by Crippen LogP contribution is 2.25. The van der Waals surface area contributed by atoms with Crippen LogP contribution in [0.15, 0.2) is 91.0 Å². The number of fused-ring (bicyclic) bond motifs is 1. The Morgan fingerprint density at radius 3 is 2.51 bits per heavy atom. The van der Waals surface area contributed by atoms with Crippen LogP contribution in [0.4, 0.5) is 21.7 Å². The Morgan fingerprint density at radius 1 is 0.846 bits per heavy atom. The van der Waals surface area contributed by atoms with E-state index >= 15 is 0 Å². The van der Waals surface area contributed by atoms with Crippen molar-refractivity contribution < 1.29 is 9.13 Å². The van der Waals surface area contributed by atoms with Crippen LogP contribution < -0.4 is 15.4 Å². The van der Waals surface area contributed by atoms with E-state index in [1.165, 1.54) is 38.1 Å². The average molecular weight is 523 g/mol. The maximum Gasteiger partial charge on any atom is 0.247 e. The van der Waals surface area contributed by atoms with Crippen LogP contribution in [0.25, 0.3) is 16.9 Å². The molecule has 0 bridgehead atoms. The molecule has 1 aliphatic rings. The minimum absolute atomic E-state index is 0.234. The van der Waals surface area contributed by atoms with Gasteiger partial charge in [0.2, 0.25) is 5.95 Å². The third kappa shape index (κ3) is 6.18. The summed E-state index contributed by atoms with van der Waals surface area (Å²) >= 11 is 0. The minimum atomic E-state index is -0.234. The molecule has 0 amide bonds. The van der Waals surface area contributed by atoms with Gasteiger partial charge < -0.3 is 15.4 Å². The molecule has 1 aliphatic heterocycles. The molecular formula is C31H31FN6O. The lowest BCUT2D eigenvalue weighted by molar-refractivity contribution is 0.238. The monoisotopic (exact) mass is 522 g/mol. The van der Waals surface area contributed by atoms with E-state index < -0.39 is 0 Å². The number of anilines is 3. The number of hydrogen-bond acceptors (Lipinski definition) is 6. The maximum absolute atomic E-state index is 13.5. The summed E-state index contributed by atoms with van der Waals surface area (Å²) in [5, 5.41) is 11.4. The summed E-state index contributed by atoms with van der Waals surface area (Å²) in [7, 11) is 0. The van der Waals surface area contributed by atoms with Crippen LogP contribution in [0.2, 0.25) is 0 Å². The largest absolute Gasteiger partial charge is 0.492 e. The van der Waals surface area contributed by atoms with Gasteiger partial charge in [-0.05, 0) is 92.2 Å². The van der Waals surface area contributed by atoms with Crippen molar-refractivity contribution in [2.45, 2.75) is 19.4 Å². The molecule has 2 aromatic heterocycles. The summed E-state index contributed by atoms with van der Waals surface area (Å²) in [6.45, 7) is 4.56. The second kappa shape index (κ2) is 11.5. The lowest BCUT2D eigenvalue weighted by Crippen LogP contribution is -2.25. The van der Waals surface area contributed by atoms with Gasteiger partial charge in [0, 0.05) is 30.0 Å². The molecule has 1 saturated heterocycles. The van der Waals surface area contributed by atoms with Crippen LogP contribution in [0.3, 0.4) is 0 Å². The zero-order valence-corrected chi connectivity index (χ0v) is 21.7. The fraction of sp³-hybridized carbons (Fsp3) is 0.226. The number of pyridine rings is 1. The van der Waals surface area contributed by atoms with Gasteiger partial charge in [-0.25, -0.2) is 8.91 Å². The second-order valence-electron chi connectivity index (χ2n) is 9.73. The number of rotatable bonds is 10. The van der Waals surface area contributed by atoms with Gasteiger partial charge in [0.1, 0.15) is 18.2 Å². The number of hydrogen-bond donors (Lipinski definition) is 2. The van der Waals surface area contributed by atoms with E-state index in [1.54, 1.807) is 6.07 Å². The summed E-state index contributed by atoms with van der Waals surface area (Å²) in [4.78, 5) is 7.11. The van der Waals surface area contributed by atoms with Gasteiger partial charge in [0.25, 0.3) is 0 Å². The number of likely N-dealkylation sites (tertiary alicyclic amines) is 1. The average Bonchev–Trinajstić information content (AvgIpc) is 3.63. The molecule has 0 atom stereocenters. The molecule has 39 heavy (non-hydrogen) atoms. The van der Waals surface area contributed by atoms with E-state index in [1.807, 2.05) is 71.2 Å². The third-order valence-electron chi connectivity index (χ3n) is 6.89. The topological polar surface area (TPSA) is 66.7 Å². The molecule has 0 spiro atoms. The third-order valence-corrected chi connectivity index (χ3v) is 6.89. The van der Waals surface area contributed by atoms with Crippen LogP contribution in [-0.2, 0) is 6.54 Å². The van der Waals surface area contributed by atoms with Crippen LogP contribution in [0.1, 0.15) is 18.4 Å². The van der Waals surface area contributed by atoms with Crippen LogP contribution in [0.5, 0.6) is 5.75 Å². The molecule has 5 aromatic rings. The normalized spacial score (nSPS) is 13.6. The summed E-state index contributed by atoms with van der Waals surface area (Å²) in [6.07, 6.45) is 2.58. The zero-order valence-electron chi connectivity index (χ0n) is 21.7. The second-order valence-corrected chi connectivity index (χ2v) is 9.73. The summed E-state index contributed by atoms with van der Waals surface area (Å²) < 4.78 is 21.3. The first-order valence-corrected chi connectivity index (χ1v) is 13.4. The molecule has 0 radical (unpaired) electrons. The van der Waals surface area contributed by atoms with E-state index in [2.05, 4.69) is 26.6 Å². The van der Waals surface area contributed by atoms with Gasteiger partial charge >= 0.3 is 0 Å². The minimum Gasteiger partial charge on any atom is -0.492 e. The highest BCUT2D eigenvalue weighted by atomic mass is 19.1. The zero-order chi connectivity index (χ0) is 26.4. The van der Waals surface area contributed by atoms with E-state index in [0.717, 1.165) is 46.1 Å². The van der Waals surface area contributed by atoms with Crippen molar-refractivity contribution >= 4 is 23.0 Å². The SMILES string of the molecule is Fc1cccc(CNc2cccc(-c3cccc4nc(Nc5ccc(OCCN6CCCC6)cc5)nn34)c2)c1. The molecule has 3 aromatic carbocycles. The summed E-state index contributed by atoms with van der Waals surface area (Å²) in [5.74, 6) is 1.14. The lowest BCUT2D eigenvalue weighted by atomic mass is 10.1. The molecule has 8 heteroatoms. The molecule has 198 valence electrons. The van der Waals surface area contributed by atoms with Crippen LogP contribution >= 0.6 is 0 Å². The maximum atomic E-state index is 13.5. The smallest absolute Gasteiger partial charge is 0.247 e. The highest BCUT2D eigenvalue weighted by Gasteiger charge is 2.12. The van der Waals surface area contributed by atoms with Crippen molar-refractivity contribution in [3.63, 3.8) is 0 Å². The van der Waals surface area contributed by atoms with Crippen molar-refractivity contribution in [2.75, 3.05) is 36.9 Å². The molecular weight excluding hydrogens is 491 g/mol. The van der Waals surface area contributed by atoms with Crippen molar-refractivity contribution in [3.05, 3.63) is 102 Å².